The van der Waals surface area contributed by atoms with Gasteiger partial charge in [0.2, 0.25) is 5.88 Å². The highest BCUT2D eigenvalue weighted by atomic mass is 16.5. The van der Waals surface area contributed by atoms with Crippen LogP contribution in [-0.4, -0.2) is 34.4 Å². The summed E-state index contributed by atoms with van der Waals surface area (Å²) in [5, 5.41) is 6.61. The first-order valence-electron chi connectivity index (χ1n) is 4.51. The molecular formula is C9H11N5O2. The van der Waals surface area contributed by atoms with Gasteiger partial charge in [0, 0.05) is 6.20 Å². The SMILES string of the molecule is COc1nc(N)c(-c2ccn[nH]2)c(OC)n1. The molecule has 2 rings (SSSR count). The number of aromatic amines is 1. The highest BCUT2D eigenvalue weighted by molar-refractivity contribution is 5.75. The molecular weight excluding hydrogens is 210 g/mol. The van der Waals surface area contributed by atoms with Gasteiger partial charge in [0.25, 0.3) is 0 Å². The van der Waals surface area contributed by atoms with E-state index < -0.39 is 0 Å². The zero-order chi connectivity index (χ0) is 11.5. The number of hydrogen-bond donors (Lipinski definition) is 2. The lowest BCUT2D eigenvalue weighted by atomic mass is 10.2. The Kier molecular flexibility index (Phi) is 2.59. The molecule has 84 valence electrons. The zero-order valence-corrected chi connectivity index (χ0v) is 8.89. The van der Waals surface area contributed by atoms with Crippen LogP contribution in [0.4, 0.5) is 5.82 Å². The molecule has 0 atom stereocenters. The third-order valence-corrected chi connectivity index (χ3v) is 2.03. The average Bonchev–Trinajstić information content (AvgIpc) is 2.81. The second-order valence-corrected chi connectivity index (χ2v) is 2.95. The number of nitrogens with zero attached hydrogens (tertiary/aromatic N) is 3. The molecule has 0 spiro atoms. The predicted octanol–water partition coefficient (Wildman–Crippen LogP) is 0.466. The highest BCUT2D eigenvalue weighted by Crippen LogP contribution is 2.32. The zero-order valence-electron chi connectivity index (χ0n) is 8.89. The van der Waals surface area contributed by atoms with Gasteiger partial charge in [0.15, 0.2) is 0 Å². The smallest absolute Gasteiger partial charge is 0.321 e. The topological polar surface area (TPSA) is 98.9 Å². The van der Waals surface area contributed by atoms with E-state index in [1.807, 2.05) is 0 Å². The molecule has 7 heteroatoms. The molecule has 0 unspecified atom stereocenters. The van der Waals surface area contributed by atoms with Crippen LogP contribution in [0.5, 0.6) is 11.9 Å². The van der Waals surface area contributed by atoms with Crippen molar-refractivity contribution in [3.8, 4) is 23.1 Å². The maximum absolute atomic E-state index is 5.81. The Morgan fingerprint density at radius 1 is 1.25 bits per heavy atom. The molecule has 7 nitrogen and oxygen atoms in total. The van der Waals surface area contributed by atoms with Gasteiger partial charge in [-0.15, -0.1) is 0 Å². The molecule has 3 N–H and O–H groups in total. The average molecular weight is 221 g/mol. The number of nitrogens with one attached hydrogen (secondary N) is 1. The van der Waals surface area contributed by atoms with E-state index >= 15 is 0 Å². The van der Waals surface area contributed by atoms with Gasteiger partial charge in [-0.3, -0.25) is 5.10 Å². The van der Waals surface area contributed by atoms with Gasteiger partial charge in [0.05, 0.1) is 19.9 Å². The minimum absolute atomic E-state index is 0.164. The molecule has 0 amide bonds. The summed E-state index contributed by atoms with van der Waals surface area (Å²) >= 11 is 0. The minimum Gasteiger partial charge on any atom is -0.480 e. The summed E-state index contributed by atoms with van der Waals surface area (Å²) in [6.45, 7) is 0. The van der Waals surface area contributed by atoms with Crippen molar-refractivity contribution in [1.82, 2.24) is 20.2 Å². The van der Waals surface area contributed by atoms with Crippen molar-refractivity contribution < 1.29 is 9.47 Å². The van der Waals surface area contributed by atoms with Crippen molar-refractivity contribution in [2.75, 3.05) is 20.0 Å². The molecule has 2 aromatic heterocycles. The van der Waals surface area contributed by atoms with Crippen LogP contribution in [0.1, 0.15) is 0 Å². The van der Waals surface area contributed by atoms with Crippen LogP contribution in [0.25, 0.3) is 11.3 Å². The van der Waals surface area contributed by atoms with Crippen molar-refractivity contribution in [2.24, 2.45) is 0 Å². The lowest BCUT2D eigenvalue weighted by Gasteiger charge is -2.09. The van der Waals surface area contributed by atoms with Gasteiger partial charge in [-0.05, 0) is 6.07 Å². The fraction of sp³-hybridized carbons (Fsp3) is 0.222. The Hall–Kier alpha value is -2.31. The third-order valence-electron chi connectivity index (χ3n) is 2.03. The van der Waals surface area contributed by atoms with Crippen LogP contribution >= 0.6 is 0 Å². The summed E-state index contributed by atoms with van der Waals surface area (Å²) in [5.74, 6) is 0.613. The summed E-state index contributed by atoms with van der Waals surface area (Å²) in [6, 6.07) is 1.92. The van der Waals surface area contributed by atoms with Crippen molar-refractivity contribution in [3.63, 3.8) is 0 Å². The van der Waals surface area contributed by atoms with Crippen LogP contribution in [0, 0.1) is 0 Å². The first-order valence-corrected chi connectivity index (χ1v) is 4.51. The molecule has 0 saturated carbocycles. The summed E-state index contributed by atoms with van der Waals surface area (Å²) in [4.78, 5) is 8.02. The first-order chi connectivity index (χ1) is 7.76. The normalized spacial score (nSPS) is 10.1. The number of H-pyrrole nitrogens is 1. The molecule has 0 aliphatic carbocycles. The number of aromatic nitrogens is 4. The molecule has 0 aliphatic rings. The molecule has 0 aliphatic heterocycles. The van der Waals surface area contributed by atoms with E-state index in [4.69, 9.17) is 15.2 Å². The third kappa shape index (κ3) is 1.62. The van der Waals surface area contributed by atoms with Gasteiger partial charge in [-0.2, -0.15) is 15.1 Å². The largest absolute Gasteiger partial charge is 0.480 e. The Morgan fingerprint density at radius 3 is 2.62 bits per heavy atom. The van der Waals surface area contributed by atoms with Crippen LogP contribution in [0.15, 0.2) is 12.3 Å². The molecule has 0 radical (unpaired) electrons. The standard InChI is InChI=1S/C9H11N5O2/c1-15-8-6(5-3-4-11-14-5)7(10)12-9(13-8)16-2/h3-4H,1-2H3,(H,11,14)(H2,10,12,13). The van der Waals surface area contributed by atoms with Gasteiger partial charge < -0.3 is 15.2 Å². The molecule has 0 fully saturated rings. The van der Waals surface area contributed by atoms with Crippen molar-refractivity contribution in [3.05, 3.63) is 12.3 Å². The highest BCUT2D eigenvalue weighted by Gasteiger charge is 2.16. The van der Waals surface area contributed by atoms with Crippen molar-refractivity contribution in [1.29, 1.82) is 0 Å². The van der Waals surface area contributed by atoms with E-state index in [-0.39, 0.29) is 11.8 Å². The summed E-state index contributed by atoms with van der Waals surface area (Å²) < 4.78 is 10.0. The number of ether oxygens (including phenoxy) is 2. The monoisotopic (exact) mass is 221 g/mol. The van der Waals surface area contributed by atoms with E-state index in [0.717, 1.165) is 0 Å². The summed E-state index contributed by atoms with van der Waals surface area (Å²) in [7, 11) is 2.96. The molecule has 0 bridgehead atoms. The Bertz CT molecular complexity index is 483. The number of hydrogen-bond acceptors (Lipinski definition) is 6. The maximum atomic E-state index is 5.81. The number of nitrogen functional groups attached to an aromatic ring is 1. The van der Waals surface area contributed by atoms with Crippen LogP contribution in [0.2, 0.25) is 0 Å². The second kappa shape index (κ2) is 4.05. The van der Waals surface area contributed by atoms with E-state index in [0.29, 0.717) is 17.1 Å². The number of methoxy groups -OCH3 is 2. The number of rotatable bonds is 3. The van der Waals surface area contributed by atoms with Gasteiger partial charge >= 0.3 is 6.01 Å². The molecule has 16 heavy (non-hydrogen) atoms. The fourth-order valence-corrected chi connectivity index (χ4v) is 1.32. The lowest BCUT2D eigenvalue weighted by Crippen LogP contribution is -2.03. The van der Waals surface area contributed by atoms with Crippen molar-refractivity contribution >= 4 is 5.82 Å². The molecule has 2 aromatic rings. The van der Waals surface area contributed by atoms with Crippen LogP contribution in [0.3, 0.4) is 0 Å². The summed E-state index contributed by atoms with van der Waals surface area (Å²) in [5.41, 5.74) is 7.07. The Balaban J connectivity index is 2.60. The molecule has 0 aromatic carbocycles. The van der Waals surface area contributed by atoms with Crippen molar-refractivity contribution in [2.45, 2.75) is 0 Å². The first kappa shape index (κ1) is 10.2. The quantitative estimate of drug-likeness (QED) is 0.781. The molecule has 2 heterocycles. The number of anilines is 1. The van der Waals surface area contributed by atoms with Gasteiger partial charge in [-0.25, -0.2) is 0 Å². The van der Waals surface area contributed by atoms with E-state index in [1.165, 1.54) is 14.2 Å². The Labute approximate surface area is 91.6 Å². The fourth-order valence-electron chi connectivity index (χ4n) is 1.32. The van der Waals surface area contributed by atoms with Crippen LogP contribution in [-0.2, 0) is 0 Å². The molecule has 0 saturated heterocycles. The Morgan fingerprint density at radius 2 is 2.06 bits per heavy atom. The van der Waals surface area contributed by atoms with Gasteiger partial charge in [0.1, 0.15) is 11.4 Å². The summed E-state index contributed by atoms with van der Waals surface area (Å²) in [6.07, 6.45) is 1.61. The van der Waals surface area contributed by atoms with E-state index in [1.54, 1.807) is 12.3 Å². The minimum atomic E-state index is 0.164. The predicted molar refractivity (Wildman–Crippen MR) is 57.1 cm³/mol. The van der Waals surface area contributed by atoms with Crippen LogP contribution < -0.4 is 15.2 Å². The van der Waals surface area contributed by atoms with E-state index in [2.05, 4.69) is 20.2 Å². The second-order valence-electron chi connectivity index (χ2n) is 2.95. The maximum Gasteiger partial charge on any atom is 0.321 e. The van der Waals surface area contributed by atoms with E-state index in [9.17, 15) is 0 Å². The lowest BCUT2D eigenvalue weighted by molar-refractivity contribution is 0.354. The van der Waals surface area contributed by atoms with Gasteiger partial charge in [-0.1, -0.05) is 0 Å². The number of nitrogens with two attached hydrogens (primary N) is 1.